The van der Waals surface area contributed by atoms with Crippen molar-refractivity contribution in [1.29, 1.82) is 0 Å². The molecule has 0 radical (unpaired) electrons. The minimum absolute atomic E-state index is 0.0000156. The monoisotopic (exact) mass is 495 g/mol. The van der Waals surface area contributed by atoms with Gasteiger partial charge >= 0.3 is 0 Å². The normalized spacial score (nSPS) is 15.7. The first-order valence-corrected chi connectivity index (χ1v) is 12.3. The number of hydrogen-bond acceptors (Lipinski definition) is 7. The van der Waals surface area contributed by atoms with Crippen molar-refractivity contribution in [2.24, 2.45) is 5.92 Å². The number of carbonyl (C=O) groups excluding carboxylic acids is 2. The standard InChI is InChI=1S/C24H25N5O5S/c1-15-12-16(2)26-24(25-15)28-35(32,33)21-10-4-18(5-11-21)27-23(31)17-13-22(30)29(14-17)19-6-8-20(34-3)9-7-19/h4-12,17H,13-14H2,1-3H3,(H,27,31)(H,25,26,28)/t17-/m1/s1. The SMILES string of the molecule is COc1ccc(N2C[C@H](C(=O)Nc3ccc(S(=O)(=O)Nc4nc(C)cc(C)n4)cc3)CC2=O)cc1. The summed E-state index contributed by atoms with van der Waals surface area (Å²) in [5, 5.41) is 2.76. The third kappa shape index (κ3) is 5.57. The van der Waals surface area contributed by atoms with Crippen LogP contribution in [0.25, 0.3) is 0 Å². The molecule has 2 aromatic carbocycles. The smallest absolute Gasteiger partial charge is 0.264 e. The topological polar surface area (TPSA) is 131 Å². The van der Waals surface area contributed by atoms with Crippen LogP contribution in [0, 0.1) is 19.8 Å². The van der Waals surface area contributed by atoms with Crippen molar-refractivity contribution >= 4 is 39.2 Å². The number of ether oxygens (including phenoxy) is 1. The summed E-state index contributed by atoms with van der Waals surface area (Å²) in [4.78, 5) is 35.0. The highest BCUT2D eigenvalue weighted by Gasteiger charge is 2.35. The molecule has 1 fully saturated rings. The van der Waals surface area contributed by atoms with Gasteiger partial charge in [0, 0.05) is 35.7 Å². The maximum Gasteiger partial charge on any atom is 0.264 e. The van der Waals surface area contributed by atoms with Gasteiger partial charge in [0.15, 0.2) is 0 Å². The van der Waals surface area contributed by atoms with Crippen molar-refractivity contribution in [2.75, 3.05) is 28.6 Å². The van der Waals surface area contributed by atoms with Gasteiger partial charge in [0.1, 0.15) is 5.75 Å². The fourth-order valence-corrected chi connectivity index (χ4v) is 4.75. The average Bonchev–Trinajstić information content (AvgIpc) is 3.20. The fraction of sp³-hybridized carbons (Fsp3) is 0.250. The molecule has 2 amide bonds. The van der Waals surface area contributed by atoms with Crippen LogP contribution in [0.2, 0.25) is 0 Å². The number of nitrogens with zero attached hydrogens (tertiary/aromatic N) is 3. The van der Waals surface area contributed by atoms with Crippen molar-refractivity contribution in [3.8, 4) is 5.75 Å². The zero-order chi connectivity index (χ0) is 25.2. The van der Waals surface area contributed by atoms with Gasteiger partial charge in [-0.2, -0.15) is 0 Å². The number of amides is 2. The van der Waals surface area contributed by atoms with E-state index in [1.54, 1.807) is 56.2 Å². The molecule has 1 atom stereocenters. The number of methoxy groups -OCH3 is 1. The molecule has 35 heavy (non-hydrogen) atoms. The Morgan fingerprint density at radius 3 is 2.26 bits per heavy atom. The summed E-state index contributed by atoms with van der Waals surface area (Å²) in [6.07, 6.45) is 0.0875. The molecule has 0 unspecified atom stereocenters. The second-order valence-corrected chi connectivity index (χ2v) is 9.88. The van der Waals surface area contributed by atoms with Gasteiger partial charge in [-0.25, -0.2) is 23.1 Å². The van der Waals surface area contributed by atoms with Gasteiger partial charge in [-0.3, -0.25) is 9.59 Å². The van der Waals surface area contributed by atoms with Crippen LogP contribution in [0.3, 0.4) is 0 Å². The van der Waals surface area contributed by atoms with Crippen LogP contribution in [0.5, 0.6) is 5.75 Å². The lowest BCUT2D eigenvalue weighted by Crippen LogP contribution is -2.28. The number of nitrogens with one attached hydrogen (secondary N) is 2. The molecule has 1 saturated heterocycles. The zero-order valence-electron chi connectivity index (χ0n) is 19.5. The van der Waals surface area contributed by atoms with Crippen LogP contribution < -0.4 is 19.7 Å². The van der Waals surface area contributed by atoms with E-state index in [9.17, 15) is 18.0 Å². The predicted molar refractivity (Wildman–Crippen MR) is 131 cm³/mol. The van der Waals surface area contributed by atoms with Gasteiger partial charge in [-0.05, 0) is 68.4 Å². The Morgan fingerprint density at radius 1 is 1.03 bits per heavy atom. The summed E-state index contributed by atoms with van der Waals surface area (Å²) in [5.41, 5.74) is 2.40. The molecule has 0 aliphatic carbocycles. The highest BCUT2D eigenvalue weighted by molar-refractivity contribution is 7.92. The maximum atomic E-state index is 12.8. The van der Waals surface area contributed by atoms with Gasteiger partial charge < -0.3 is 15.0 Å². The summed E-state index contributed by atoms with van der Waals surface area (Å²) in [6, 6.07) is 14.5. The van der Waals surface area contributed by atoms with Crippen molar-refractivity contribution in [3.05, 3.63) is 66.0 Å². The van der Waals surface area contributed by atoms with Crippen molar-refractivity contribution in [1.82, 2.24) is 9.97 Å². The number of benzene rings is 2. The number of hydrogen-bond donors (Lipinski definition) is 2. The van der Waals surface area contributed by atoms with Gasteiger partial charge in [-0.1, -0.05) is 0 Å². The van der Waals surface area contributed by atoms with Gasteiger partial charge in [0.25, 0.3) is 10.0 Å². The Hall–Kier alpha value is -3.99. The highest BCUT2D eigenvalue weighted by Crippen LogP contribution is 2.28. The van der Waals surface area contributed by atoms with E-state index in [0.29, 0.717) is 28.5 Å². The van der Waals surface area contributed by atoms with E-state index in [2.05, 4.69) is 20.0 Å². The first kappa shape index (κ1) is 24.1. The average molecular weight is 496 g/mol. The second-order valence-electron chi connectivity index (χ2n) is 8.20. The van der Waals surface area contributed by atoms with Crippen molar-refractivity contribution in [2.45, 2.75) is 25.2 Å². The Morgan fingerprint density at radius 2 is 1.66 bits per heavy atom. The molecule has 1 aromatic heterocycles. The molecule has 0 saturated carbocycles. The van der Waals surface area contributed by atoms with E-state index in [1.807, 2.05) is 0 Å². The second kappa shape index (κ2) is 9.71. The minimum atomic E-state index is -3.91. The lowest BCUT2D eigenvalue weighted by molar-refractivity contribution is -0.122. The molecule has 4 rings (SSSR count). The molecule has 3 aromatic rings. The van der Waals surface area contributed by atoms with Crippen LogP contribution in [-0.4, -0.2) is 43.9 Å². The van der Waals surface area contributed by atoms with Crippen LogP contribution in [0.4, 0.5) is 17.3 Å². The van der Waals surface area contributed by atoms with E-state index >= 15 is 0 Å². The summed E-state index contributed by atoms with van der Waals surface area (Å²) >= 11 is 0. The molecular weight excluding hydrogens is 470 g/mol. The van der Waals surface area contributed by atoms with Crippen molar-refractivity contribution in [3.63, 3.8) is 0 Å². The van der Waals surface area contributed by atoms with E-state index in [-0.39, 0.29) is 35.6 Å². The van der Waals surface area contributed by atoms with Crippen LogP contribution in [0.1, 0.15) is 17.8 Å². The molecular formula is C24H25N5O5S. The third-order valence-corrected chi connectivity index (χ3v) is 6.86. The lowest BCUT2D eigenvalue weighted by Gasteiger charge is -2.17. The van der Waals surface area contributed by atoms with Crippen molar-refractivity contribution < 1.29 is 22.7 Å². The molecule has 11 heteroatoms. The van der Waals surface area contributed by atoms with E-state index < -0.39 is 15.9 Å². The predicted octanol–water partition coefficient (Wildman–Crippen LogP) is 2.89. The van der Waals surface area contributed by atoms with Crippen LogP contribution in [-0.2, 0) is 19.6 Å². The van der Waals surface area contributed by atoms with Gasteiger partial charge in [0.05, 0.1) is 17.9 Å². The van der Waals surface area contributed by atoms with Gasteiger partial charge in [0.2, 0.25) is 17.8 Å². The molecule has 0 spiro atoms. The Balaban J connectivity index is 1.40. The Labute approximate surface area is 203 Å². The first-order valence-electron chi connectivity index (χ1n) is 10.8. The third-order valence-electron chi connectivity index (χ3n) is 5.52. The molecule has 0 bridgehead atoms. The summed E-state index contributed by atoms with van der Waals surface area (Å²) in [7, 11) is -2.34. The summed E-state index contributed by atoms with van der Waals surface area (Å²) in [6.45, 7) is 3.75. The number of rotatable bonds is 7. The number of anilines is 3. The van der Waals surface area contributed by atoms with E-state index in [1.165, 1.54) is 24.3 Å². The number of sulfonamides is 1. The van der Waals surface area contributed by atoms with E-state index in [0.717, 1.165) is 0 Å². The fourth-order valence-electron chi connectivity index (χ4n) is 3.81. The Kier molecular flexibility index (Phi) is 6.70. The molecule has 2 N–H and O–H groups in total. The minimum Gasteiger partial charge on any atom is -0.497 e. The zero-order valence-corrected chi connectivity index (χ0v) is 20.3. The quantitative estimate of drug-likeness (QED) is 0.515. The number of aromatic nitrogens is 2. The Bertz CT molecular complexity index is 1340. The largest absolute Gasteiger partial charge is 0.497 e. The van der Waals surface area contributed by atoms with E-state index in [4.69, 9.17) is 4.74 Å². The highest BCUT2D eigenvalue weighted by atomic mass is 32.2. The van der Waals surface area contributed by atoms with Gasteiger partial charge in [-0.15, -0.1) is 0 Å². The molecule has 182 valence electrons. The number of aryl methyl sites for hydroxylation is 2. The molecule has 1 aliphatic rings. The lowest BCUT2D eigenvalue weighted by atomic mass is 10.1. The van der Waals surface area contributed by atoms with Crippen LogP contribution >= 0.6 is 0 Å². The first-order chi connectivity index (χ1) is 16.6. The maximum absolute atomic E-state index is 12.8. The molecule has 2 heterocycles. The van der Waals surface area contributed by atoms with Crippen LogP contribution in [0.15, 0.2) is 59.5 Å². The molecule has 1 aliphatic heterocycles. The summed E-state index contributed by atoms with van der Waals surface area (Å²) < 4.78 is 32.9. The summed E-state index contributed by atoms with van der Waals surface area (Å²) in [5.74, 6) is -0.316. The number of carbonyl (C=O) groups is 2. The molecule has 10 nitrogen and oxygen atoms in total.